The number of halogens is 1. The van der Waals surface area contributed by atoms with Crippen molar-refractivity contribution in [3.05, 3.63) is 59.1 Å². The minimum Gasteiger partial charge on any atom is -0.484 e. The molecule has 0 fully saturated rings. The summed E-state index contributed by atoms with van der Waals surface area (Å²) in [4.78, 5) is 11.8. The third-order valence-corrected chi connectivity index (χ3v) is 3.78. The summed E-state index contributed by atoms with van der Waals surface area (Å²) >= 11 is 5.75. The van der Waals surface area contributed by atoms with Crippen LogP contribution >= 0.6 is 11.6 Å². The van der Waals surface area contributed by atoms with Crippen LogP contribution in [-0.2, 0) is 20.6 Å². The summed E-state index contributed by atoms with van der Waals surface area (Å²) in [5.41, 5.74) is 1.08. The van der Waals surface area contributed by atoms with Crippen LogP contribution in [-0.4, -0.2) is 20.9 Å². The van der Waals surface area contributed by atoms with E-state index in [-0.39, 0.29) is 18.3 Å². The lowest BCUT2D eigenvalue weighted by Gasteiger charge is -2.08. The van der Waals surface area contributed by atoms with Gasteiger partial charge < -0.3 is 10.1 Å². The van der Waals surface area contributed by atoms with Gasteiger partial charge in [-0.15, -0.1) is 0 Å². The predicted molar refractivity (Wildman–Crippen MR) is 88.8 cm³/mol. The topological polar surface area (TPSA) is 98.5 Å². The number of amides is 1. The third kappa shape index (κ3) is 6.27. The van der Waals surface area contributed by atoms with Gasteiger partial charge in [-0.2, -0.15) is 0 Å². The van der Waals surface area contributed by atoms with Crippen molar-refractivity contribution in [3.63, 3.8) is 0 Å². The molecule has 0 aliphatic rings. The van der Waals surface area contributed by atoms with E-state index in [1.54, 1.807) is 48.5 Å². The molecule has 2 rings (SSSR count). The molecule has 0 saturated heterocycles. The lowest BCUT2D eigenvalue weighted by Crippen LogP contribution is -2.20. The smallest absolute Gasteiger partial charge is 0.262 e. The molecule has 122 valence electrons. The summed E-state index contributed by atoms with van der Waals surface area (Å²) in [5, 5.41) is 8.20. The first-order valence-corrected chi connectivity index (χ1v) is 8.69. The van der Waals surface area contributed by atoms with Crippen LogP contribution in [0.25, 0.3) is 0 Å². The van der Waals surface area contributed by atoms with Crippen molar-refractivity contribution in [1.82, 2.24) is 0 Å². The van der Waals surface area contributed by atoms with Crippen LogP contribution in [0.3, 0.4) is 0 Å². The minimum atomic E-state index is -3.57. The predicted octanol–water partition coefficient (Wildman–Crippen LogP) is 2.15. The van der Waals surface area contributed by atoms with Gasteiger partial charge in [0.15, 0.2) is 6.61 Å². The molecule has 2 aromatic carbocycles. The highest BCUT2D eigenvalue weighted by Gasteiger charge is 2.07. The number of carbonyl (C=O) groups excluding carboxylic acids is 1. The Balaban J connectivity index is 1.86. The van der Waals surface area contributed by atoms with Gasteiger partial charge in [-0.25, -0.2) is 13.6 Å². The van der Waals surface area contributed by atoms with Crippen LogP contribution in [0.15, 0.2) is 48.5 Å². The molecule has 0 aliphatic heterocycles. The normalized spacial score (nSPS) is 11.0. The van der Waals surface area contributed by atoms with Crippen molar-refractivity contribution in [2.75, 3.05) is 11.9 Å². The standard InChI is InChI=1S/C15H15ClN2O4S/c16-12-3-7-14(8-4-12)22-9-15(19)18-13-5-1-11(2-6-13)10-23(17,20)21/h1-8H,9-10H2,(H,18,19)(H2,17,20,21). The zero-order valence-corrected chi connectivity index (χ0v) is 13.6. The number of benzene rings is 2. The van der Waals surface area contributed by atoms with Gasteiger partial charge in [-0.3, -0.25) is 4.79 Å². The molecule has 0 atom stereocenters. The Bertz CT molecular complexity index is 774. The molecule has 0 saturated carbocycles. The molecule has 3 N–H and O–H groups in total. The van der Waals surface area contributed by atoms with E-state index in [1.807, 2.05) is 0 Å². The average Bonchev–Trinajstić information content (AvgIpc) is 2.47. The Morgan fingerprint density at radius 2 is 1.70 bits per heavy atom. The second-order valence-electron chi connectivity index (χ2n) is 4.79. The molecule has 0 heterocycles. The maximum atomic E-state index is 11.8. The van der Waals surface area contributed by atoms with E-state index in [0.717, 1.165) is 0 Å². The van der Waals surface area contributed by atoms with Crippen LogP contribution < -0.4 is 15.2 Å². The highest BCUT2D eigenvalue weighted by molar-refractivity contribution is 7.88. The molecule has 0 spiro atoms. The van der Waals surface area contributed by atoms with Crippen LogP contribution in [0.1, 0.15) is 5.56 Å². The number of carbonyl (C=O) groups is 1. The fraction of sp³-hybridized carbons (Fsp3) is 0.133. The summed E-state index contributed by atoms with van der Waals surface area (Å²) in [5.74, 6) is -0.0480. The van der Waals surface area contributed by atoms with Crippen molar-refractivity contribution >= 4 is 33.2 Å². The molecule has 0 unspecified atom stereocenters. The first-order valence-electron chi connectivity index (χ1n) is 6.59. The SMILES string of the molecule is NS(=O)(=O)Cc1ccc(NC(=O)COc2ccc(Cl)cc2)cc1. The zero-order chi connectivity index (χ0) is 16.9. The minimum absolute atomic E-state index is 0.152. The largest absolute Gasteiger partial charge is 0.484 e. The van der Waals surface area contributed by atoms with Gasteiger partial charge in [-0.1, -0.05) is 23.7 Å². The van der Waals surface area contributed by atoms with E-state index >= 15 is 0 Å². The summed E-state index contributed by atoms with van der Waals surface area (Å²) in [6, 6.07) is 13.0. The monoisotopic (exact) mass is 354 g/mol. The molecular weight excluding hydrogens is 340 g/mol. The van der Waals surface area contributed by atoms with Crippen molar-refractivity contribution < 1.29 is 17.9 Å². The first-order chi connectivity index (χ1) is 10.8. The summed E-state index contributed by atoms with van der Waals surface area (Å²) in [6.07, 6.45) is 0. The van der Waals surface area contributed by atoms with E-state index in [0.29, 0.717) is 22.0 Å². The quantitative estimate of drug-likeness (QED) is 0.830. The van der Waals surface area contributed by atoms with Crippen molar-refractivity contribution in [2.24, 2.45) is 5.14 Å². The molecule has 0 aliphatic carbocycles. The van der Waals surface area contributed by atoms with Gasteiger partial charge in [0, 0.05) is 10.7 Å². The van der Waals surface area contributed by atoms with Crippen LogP contribution in [0.5, 0.6) is 5.75 Å². The van der Waals surface area contributed by atoms with E-state index in [4.69, 9.17) is 21.5 Å². The van der Waals surface area contributed by atoms with Gasteiger partial charge >= 0.3 is 0 Å². The maximum Gasteiger partial charge on any atom is 0.262 e. The van der Waals surface area contributed by atoms with Gasteiger partial charge in [0.2, 0.25) is 10.0 Å². The molecule has 0 aromatic heterocycles. The number of nitrogens with two attached hydrogens (primary N) is 1. The van der Waals surface area contributed by atoms with Gasteiger partial charge in [0.25, 0.3) is 5.91 Å². The molecule has 1 amide bonds. The second kappa shape index (κ2) is 7.45. The number of hydrogen-bond acceptors (Lipinski definition) is 4. The molecule has 0 radical (unpaired) electrons. The van der Waals surface area contributed by atoms with Crippen LogP contribution in [0, 0.1) is 0 Å². The highest BCUT2D eigenvalue weighted by Crippen LogP contribution is 2.16. The average molecular weight is 355 g/mol. The molecule has 23 heavy (non-hydrogen) atoms. The third-order valence-electron chi connectivity index (χ3n) is 2.79. The maximum absolute atomic E-state index is 11.8. The van der Waals surface area contributed by atoms with E-state index in [9.17, 15) is 13.2 Å². The van der Waals surface area contributed by atoms with Crippen molar-refractivity contribution in [1.29, 1.82) is 0 Å². The summed E-state index contributed by atoms with van der Waals surface area (Å²) in [7, 11) is -3.57. The van der Waals surface area contributed by atoms with Crippen LogP contribution in [0.2, 0.25) is 5.02 Å². The lowest BCUT2D eigenvalue weighted by atomic mass is 10.2. The molecule has 8 heteroatoms. The van der Waals surface area contributed by atoms with E-state index in [1.165, 1.54) is 0 Å². The Morgan fingerprint density at radius 3 is 2.26 bits per heavy atom. The summed E-state index contributed by atoms with van der Waals surface area (Å²) in [6.45, 7) is -0.152. The van der Waals surface area contributed by atoms with Crippen molar-refractivity contribution in [3.8, 4) is 5.75 Å². The lowest BCUT2D eigenvalue weighted by molar-refractivity contribution is -0.118. The van der Waals surface area contributed by atoms with Gasteiger partial charge in [0.1, 0.15) is 5.75 Å². The number of ether oxygens (including phenoxy) is 1. The molecule has 2 aromatic rings. The second-order valence-corrected chi connectivity index (χ2v) is 6.85. The Labute approximate surface area is 139 Å². The van der Waals surface area contributed by atoms with Gasteiger partial charge in [0.05, 0.1) is 5.75 Å². The van der Waals surface area contributed by atoms with Crippen molar-refractivity contribution in [2.45, 2.75) is 5.75 Å². The number of sulfonamides is 1. The number of anilines is 1. The first kappa shape index (κ1) is 17.3. The number of primary sulfonamides is 1. The Kier molecular flexibility index (Phi) is 5.59. The number of hydrogen-bond donors (Lipinski definition) is 2. The van der Waals surface area contributed by atoms with Crippen LogP contribution in [0.4, 0.5) is 5.69 Å². The Hall–Kier alpha value is -2.09. The Morgan fingerprint density at radius 1 is 1.09 bits per heavy atom. The fourth-order valence-corrected chi connectivity index (χ4v) is 2.58. The number of nitrogens with one attached hydrogen (secondary N) is 1. The van der Waals surface area contributed by atoms with E-state index in [2.05, 4.69) is 5.32 Å². The summed E-state index contributed by atoms with van der Waals surface area (Å²) < 4.78 is 27.3. The molecule has 6 nitrogen and oxygen atoms in total. The van der Waals surface area contributed by atoms with E-state index < -0.39 is 10.0 Å². The molecule has 0 bridgehead atoms. The molecular formula is C15H15ClN2O4S. The number of rotatable bonds is 6. The fourth-order valence-electron chi connectivity index (χ4n) is 1.79. The zero-order valence-electron chi connectivity index (χ0n) is 12.0. The highest BCUT2D eigenvalue weighted by atomic mass is 35.5. The van der Waals surface area contributed by atoms with Gasteiger partial charge in [-0.05, 0) is 42.0 Å².